The van der Waals surface area contributed by atoms with Gasteiger partial charge in [-0.1, -0.05) is 73.4 Å². The van der Waals surface area contributed by atoms with Crippen molar-refractivity contribution in [3.63, 3.8) is 0 Å². The smallest absolute Gasteiger partial charge is 0.261 e. The molecule has 0 amide bonds. The Balaban J connectivity index is 1.79. The molecule has 4 rings (SSSR count). The minimum Gasteiger partial charge on any atom is -0.543 e. The summed E-state index contributed by atoms with van der Waals surface area (Å²) in [4.78, 5) is 12.2. The molecule has 5 heteroatoms. The highest BCUT2D eigenvalue weighted by molar-refractivity contribution is 6.74. The van der Waals surface area contributed by atoms with E-state index in [1.54, 1.807) is 0 Å². The second-order valence-electron chi connectivity index (χ2n) is 12.4. The highest BCUT2D eigenvalue weighted by Gasteiger charge is 2.84. The third-order valence-electron chi connectivity index (χ3n) is 8.43. The second kappa shape index (κ2) is 6.57. The Hall–Kier alpha value is -0.883. The summed E-state index contributed by atoms with van der Waals surface area (Å²) >= 11 is 0. The molecular weight excluding hydrogens is 392 g/mol. The van der Waals surface area contributed by atoms with Crippen molar-refractivity contribution < 1.29 is 18.9 Å². The predicted molar refractivity (Wildman–Crippen MR) is 122 cm³/mol. The van der Waals surface area contributed by atoms with Crippen LogP contribution in [0.15, 0.2) is 24.3 Å². The van der Waals surface area contributed by atoms with Crippen molar-refractivity contribution >= 4 is 8.32 Å². The Bertz CT molecular complexity index is 823. The molecule has 2 aliphatic heterocycles. The largest absolute Gasteiger partial charge is 0.543 e. The van der Waals surface area contributed by atoms with E-state index in [2.05, 4.69) is 85.8 Å². The Morgan fingerprint density at radius 1 is 1.03 bits per heavy atom. The molecule has 0 N–H and O–H groups in total. The highest BCUT2D eigenvalue weighted by Crippen LogP contribution is 2.73. The van der Waals surface area contributed by atoms with Gasteiger partial charge in [-0.25, -0.2) is 4.89 Å². The molecule has 0 unspecified atom stereocenters. The first-order valence-electron chi connectivity index (χ1n) is 11.5. The third-order valence-corrected chi connectivity index (χ3v) is 12.8. The van der Waals surface area contributed by atoms with Crippen LogP contribution < -0.4 is 4.43 Å². The molecule has 0 bridgehead atoms. The van der Waals surface area contributed by atoms with E-state index < -0.39 is 19.7 Å². The second-order valence-corrected chi connectivity index (χ2v) is 17.1. The van der Waals surface area contributed by atoms with Crippen molar-refractivity contribution in [3.8, 4) is 5.75 Å². The maximum atomic E-state index is 6.83. The lowest BCUT2D eigenvalue weighted by molar-refractivity contribution is -0.627. The lowest BCUT2D eigenvalue weighted by Gasteiger charge is -2.62. The third kappa shape index (κ3) is 2.74. The van der Waals surface area contributed by atoms with Gasteiger partial charge in [0.25, 0.3) is 5.79 Å². The Kier molecular flexibility index (Phi) is 4.88. The van der Waals surface area contributed by atoms with Crippen molar-refractivity contribution in [2.45, 2.75) is 110 Å². The van der Waals surface area contributed by atoms with Gasteiger partial charge in [-0.2, -0.15) is 4.89 Å². The lowest BCUT2D eigenvalue weighted by atomic mass is 9.52. The van der Waals surface area contributed by atoms with E-state index in [-0.39, 0.29) is 22.0 Å². The van der Waals surface area contributed by atoms with Crippen LogP contribution in [-0.2, 0) is 20.3 Å². The van der Waals surface area contributed by atoms with Crippen LogP contribution in [0.4, 0.5) is 0 Å². The normalized spacial score (nSPS) is 36.6. The molecule has 0 spiro atoms. The van der Waals surface area contributed by atoms with E-state index in [1.807, 2.05) is 0 Å². The van der Waals surface area contributed by atoms with Gasteiger partial charge in [0, 0.05) is 16.4 Å². The molecular formula is C25H40O4Si. The quantitative estimate of drug-likeness (QED) is 0.382. The van der Waals surface area contributed by atoms with E-state index in [4.69, 9.17) is 18.9 Å². The molecule has 4 atom stereocenters. The summed E-state index contributed by atoms with van der Waals surface area (Å²) in [6.07, 6.45) is 4.70. The first kappa shape index (κ1) is 22.3. The Morgan fingerprint density at radius 2 is 1.73 bits per heavy atom. The molecule has 1 saturated carbocycles. The molecule has 1 aromatic carbocycles. The van der Waals surface area contributed by atoms with E-state index in [0.717, 1.165) is 24.2 Å². The monoisotopic (exact) mass is 432 g/mol. The first-order valence-corrected chi connectivity index (χ1v) is 14.5. The number of rotatable bonds is 3. The van der Waals surface area contributed by atoms with Gasteiger partial charge in [0.1, 0.15) is 5.75 Å². The zero-order valence-corrected chi connectivity index (χ0v) is 21.3. The minimum atomic E-state index is -1.95. The molecule has 3 aliphatic rings. The van der Waals surface area contributed by atoms with E-state index in [0.29, 0.717) is 0 Å². The molecule has 0 radical (unpaired) electrons. The van der Waals surface area contributed by atoms with Crippen LogP contribution in [0.3, 0.4) is 0 Å². The molecule has 2 saturated heterocycles. The van der Waals surface area contributed by atoms with Crippen molar-refractivity contribution in [3.05, 3.63) is 29.8 Å². The number of benzene rings is 1. The highest BCUT2D eigenvalue weighted by atomic mass is 28.4. The zero-order valence-electron chi connectivity index (χ0n) is 20.3. The van der Waals surface area contributed by atoms with Gasteiger partial charge in [0.05, 0.1) is 6.10 Å². The first-order chi connectivity index (χ1) is 13.7. The molecule has 168 valence electrons. The van der Waals surface area contributed by atoms with E-state index in [9.17, 15) is 0 Å². The molecule has 4 nitrogen and oxygen atoms in total. The molecule has 1 aromatic rings. The van der Waals surface area contributed by atoms with Gasteiger partial charge in [0.2, 0.25) is 8.32 Å². The fourth-order valence-electron chi connectivity index (χ4n) is 5.87. The summed E-state index contributed by atoms with van der Waals surface area (Å²) in [6.45, 7) is 20.5. The zero-order chi connectivity index (χ0) is 22.2. The van der Waals surface area contributed by atoms with Crippen LogP contribution in [0.2, 0.25) is 18.1 Å². The van der Waals surface area contributed by atoms with Crippen LogP contribution in [0.25, 0.3) is 0 Å². The number of hydrogen-bond acceptors (Lipinski definition) is 4. The van der Waals surface area contributed by atoms with Crippen LogP contribution in [0.5, 0.6) is 5.75 Å². The summed E-state index contributed by atoms with van der Waals surface area (Å²) in [6, 6.07) is 8.37. The molecule has 0 aromatic heterocycles. The molecule has 2 heterocycles. The van der Waals surface area contributed by atoms with Crippen LogP contribution in [0.1, 0.15) is 79.7 Å². The average molecular weight is 433 g/mol. The lowest BCUT2D eigenvalue weighted by Crippen LogP contribution is -2.73. The molecule has 30 heavy (non-hydrogen) atoms. The number of fused-ring (bicyclic) bond motifs is 3. The van der Waals surface area contributed by atoms with Crippen molar-refractivity contribution in [2.24, 2.45) is 10.8 Å². The Labute approximate surface area is 183 Å². The van der Waals surface area contributed by atoms with Gasteiger partial charge in [-0.3, -0.25) is 0 Å². The van der Waals surface area contributed by atoms with Crippen LogP contribution in [-0.4, -0.2) is 20.0 Å². The summed E-state index contributed by atoms with van der Waals surface area (Å²) < 4.78 is 13.5. The van der Waals surface area contributed by atoms with Gasteiger partial charge in [-0.15, -0.1) is 0 Å². The van der Waals surface area contributed by atoms with Crippen LogP contribution in [0, 0.1) is 10.8 Å². The maximum Gasteiger partial charge on any atom is 0.261 e. The number of hydrogen-bond donors (Lipinski definition) is 0. The standard InChI is InChI=1S/C25H40O4Si/c1-21(2,3)25-23(7)16-11-10-15-20(23)26-24(25,28-29-25)18-13-12-14-19(17-18)27-30(8,9)22(4,5)6/h12-14,17,20H,10-11,15-16H2,1-9H3/t20-,23+,24-,25-/m0/s1. The SMILES string of the molecule is CC(C)(C)[C@@]12OO[C@]1(c1cccc(O[Si](C)(C)C(C)(C)C)c1)O[C@H]1CCCC[C@]12C. The predicted octanol–water partition coefficient (Wildman–Crippen LogP) is 6.95. The summed E-state index contributed by atoms with van der Waals surface area (Å²) in [5.41, 5.74) is 0.240. The molecule has 1 aliphatic carbocycles. The fraction of sp³-hybridized carbons (Fsp3) is 0.760. The van der Waals surface area contributed by atoms with E-state index >= 15 is 0 Å². The topological polar surface area (TPSA) is 36.9 Å². The van der Waals surface area contributed by atoms with Gasteiger partial charge in [-0.05, 0) is 43.1 Å². The van der Waals surface area contributed by atoms with Gasteiger partial charge >= 0.3 is 0 Å². The maximum absolute atomic E-state index is 6.83. The van der Waals surface area contributed by atoms with Crippen molar-refractivity contribution in [2.75, 3.05) is 0 Å². The fourth-order valence-corrected chi connectivity index (χ4v) is 6.90. The summed E-state index contributed by atoms with van der Waals surface area (Å²) in [5.74, 6) is 0.0114. The Morgan fingerprint density at radius 3 is 2.30 bits per heavy atom. The van der Waals surface area contributed by atoms with E-state index in [1.165, 1.54) is 12.8 Å². The minimum absolute atomic E-state index is 0.0853. The molecule has 3 fully saturated rings. The van der Waals surface area contributed by atoms with Crippen molar-refractivity contribution in [1.82, 2.24) is 0 Å². The van der Waals surface area contributed by atoms with Gasteiger partial charge < -0.3 is 9.16 Å². The van der Waals surface area contributed by atoms with Gasteiger partial charge in [0.15, 0.2) is 5.60 Å². The van der Waals surface area contributed by atoms with Crippen molar-refractivity contribution in [1.29, 1.82) is 0 Å². The number of ether oxygens (including phenoxy) is 1. The van der Waals surface area contributed by atoms with Crippen LogP contribution >= 0.6 is 0 Å². The summed E-state index contributed by atoms with van der Waals surface area (Å²) in [5, 5.41) is 0.138. The summed E-state index contributed by atoms with van der Waals surface area (Å²) in [7, 11) is -1.95. The average Bonchev–Trinajstić information content (AvgIpc) is 2.74.